The zero-order valence-electron chi connectivity index (χ0n) is 10.2. The van der Waals surface area contributed by atoms with Gasteiger partial charge in [0.1, 0.15) is 0 Å². The predicted molar refractivity (Wildman–Crippen MR) is 64.1 cm³/mol. The molecule has 0 unspecified atom stereocenters. The second-order valence-corrected chi connectivity index (χ2v) is 4.20. The Hall–Kier alpha value is -0.830. The zero-order valence-corrected chi connectivity index (χ0v) is 10.2. The number of unbranched alkanes of at least 4 members (excludes halogenated alkanes) is 1. The summed E-state index contributed by atoms with van der Waals surface area (Å²) in [5.41, 5.74) is 1.36. The van der Waals surface area contributed by atoms with Gasteiger partial charge in [-0.1, -0.05) is 6.92 Å². The number of aryl methyl sites for hydroxylation is 1. The van der Waals surface area contributed by atoms with Gasteiger partial charge >= 0.3 is 0 Å². The van der Waals surface area contributed by atoms with Gasteiger partial charge in [-0.15, -0.1) is 0 Å². The summed E-state index contributed by atoms with van der Waals surface area (Å²) in [5.74, 6) is 0. The van der Waals surface area contributed by atoms with Crippen LogP contribution < -0.4 is 5.32 Å². The summed E-state index contributed by atoms with van der Waals surface area (Å²) in [6.07, 6.45) is 7.56. The van der Waals surface area contributed by atoms with E-state index in [1.165, 1.54) is 18.5 Å². The summed E-state index contributed by atoms with van der Waals surface area (Å²) < 4.78 is 2.26. The van der Waals surface area contributed by atoms with E-state index in [9.17, 15) is 0 Å². The third-order valence-corrected chi connectivity index (χ3v) is 2.59. The van der Waals surface area contributed by atoms with Gasteiger partial charge in [-0.25, -0.2) is 4.98 Å². The summed E-state index contributed by atoms with van der Waals surface area (Å²) in [4.78, 5) is 4.21. The molecule has 0 aliphatic rings. The van der Waals surface area contributed by atoms with Crippen LogP contribution in [-0.4, -0.2) is 22.6 Å². The molecule has 1 aromatic heterocycles. The molecular weight excluding hydrogens is 186 g/mol. The molecule has 0 saturated carbocycles. The molecule has 0 bridgehead atoms. The van der Waals surface area contributed by atoms with Gasteiger partial charge in [0.15, 0.2) is 0 Å². The summed E-state index contributed by atoms with van der Waals surface area (Å²) in [6.45, 7) is 8.75. The lowest BCUT2D eigenvalue weighted by Gasteiger charge is -2.11. The van der Waals surface area contributed by atoms with Crippen LogP contribution in [0.15, 0.2) is 12.5 Å². The Morgan fingerprint density at radius 1 is 1.40 bits per heavy atom. The zero-order chi connectivity index (χ0) is 11.1. The number of rotatable bonds is 7. The van der Waals surface area contributed by atoms with E-state index in [0.717, 1.165) is 19.5 Å². The molecule has 1 aromatic rings. The van der Waals surface area contributed by atoms with Crippen LogP contribution in [0, 0.1) is 0 Å². The fourth-order valence-corrected chi connectivity index (χ4v) is 1.72. The Bertz CT molecular complexity index is 266. The highest BCUT2D eigenvalue weighted by atomic mass is 15.1. The first-order chi connectivity index (χ1) is 7.25. The highest BCUT2D eigenvalue weighted by molar-refractivity contribution is 4.99. The van der Waals surface area contributed by atoms with Crippen molar-refractivity contribution in [3.63, 3.8) is 0 Å². The monoisotopic (exact) mass is 209 g/mol. The van der Waals surface area contributed by atoms with E-state index in [4.69, 9.17) is 0 Å². The maximum absolute atomic E-state index is 4.21. The van der Waals surface area contributed by atoms with Crippen LogP contribution in [0.5, 0.6) is 0 Å². The molecule has 0 aromatic carbocycles. The van der Waals surface area contributed by atoms with Crippen molar-refractivity contribution < 1.29 is 0 Å². The molecule has 0 aliphatic carbocycles. The molecule has 0 fully saturated rings. The van der Waals surface area contributed by atoms with Crippen molar-refractivity contribution in [2.45, 2.75) is 46.1 Å². The first kappa shape index (κ1) is 12.2. The van der Waals surface area contributed by atoms with Crippen molar-refractivity contribution in [2.24, 2.45) is 0 Å². The van der Waals surface area contributed by atoms with Crippen LogP contribution in [0.25, 0.3) is 0 Å². The van der Waals surface area contributed by atoms with E-state index in [-0.39, 0.29) is 0 Å². The molecule has 0 aliphatic heterocycles. The Kier molecular flexibility index (Phi) is 5.40. The van der Waals surface area contributed by atoms with Gasteiger partial charge in [0.2, 0.25) is 0 Å². The minimum atomic E-state index is 0.524. The maximum Gasteiger partial charge on any atom is 0.0950 e. The first-order valence-electron chi connectivity index (χ1n) is 5.97. The van der Waals surface area contributed by atoms with Crippen molar-refractivity contribution in [1.29, 1.82) is 0 Å². The Labute approximate surface area is 92.9 Å². The molecule has 0 spiro atoms. The smallest absolute Gasteiger partial charge is 0.0950 e. The summed E-state index contributed by atoms with van der Waals surface area (Å²) in [7, 11) is 0. The van der Waals surface area contributed by atoms with Crippen LogP contribution in [0.1, 0.15) is 45.3 Å². The lowest BCUT2D eigenvalue weighted by atomic mass is 10.2. The van der Waals surface area contributed by atoms with Gasteiger partial charge < -0.3 is 9.88 Å². The normalized spacial score (nSPS) is 11.2. The van der Waals surface area contributed by atoms with Crippen LogP contribution in [0.4, 0.5) is 0 Å². The van der Waals surface area contributed by atoms with Crippen molar-refractivity contribution in [3.8, 4) is 0 Å². The molecule has 1 heterocycles. The van der Waals surface area contributed by atoms with E-state index < -0.39 is 0 Å². The van der Waals surface area contributed by atoms with Gasteiger partial charge in [0.25, 0.3) is 0 Å². The number of imidazole rings is 1. The molecule has 0 saturated heterocycles. The van der Waals surface area contributed by atoms with Crippen LogP contribution in [0.2, 0.25) is 0 Å². The summed E-state index contributed by atoms with van der Waals surface area (Å²) >= 11 is 0. The summed E-state index contributed by atoms with van der Waals surface area (Å²) in [5, 5.41) is 3.34. The van der Waals surface area contributed by atoms with E-state index in [2.05, 4.69) is 35.6 Å². The second-order valence-electron chi connectivity index (χ2n) is 4.20. The third-order valence-electron chi connectivity index (χ3n) is 2.59. The average molecular weight is 209 g/mol. The number of nitrogens with one attached hydrogen (secondary N) is 1. The van der Waals surface area contributed by atoms with Crippen LogP contribution in [-0.2, 0) is 6.42 Å². The predicted octanol–water partition coefficient (Wildman–Crippen LogP) is 2.40. The average Bonchev–Trinajstić information content (AvgIpc) is 2.66. The minimum absolute atomic E-state index is 0.524. The van der Waals surface area contributed by atoms with E-state index in [1.54, 1.807) is 0 Å². The number of nitrogens with zero attached hydrogens (tertiary/aromatic N) is 2. The molecule has 15 heavy (non-hydrogen) atoms. The summed E-state index contributed by atoms with van der Waals surface area (Å²) in [6, 6.07) is 0.524. The van der Waals surface area contributed by atoms with Crippen molar-refractivity contribution in [3.05, 3.63) is 18.2 Å². The molecule has 3 nitrogen and oxygen atoms in total. The lowest BCUT2D eigenvalue weighted by molar-refractivity contribution is 0.557. The molecule has 0 amide bonds. The van der Waals surface area contributed by atoms with E-state index in [1.807, 2.05) is 12.5 Å². The van der Waals surface area contributed by atoms with Gasteiger partial charge in [-0.3, -0.25) is 0 Å². The Morgan fingerprint density at radius 3 is 2.87 bits per heavy atom. The van der Waals surface area contributed by atoms with Gasteiger partial charge in [0.05, 0.1) is 6.33 Å². The molecule has 86 valence electrons. The number of aromatic nitrogens is 2. The van der Waals surface area contributed by atoms with Crippen LogP contribution in [0.3, 0.4) is 0 Å². The van der Waals surface area contributed by atoms with Gasteiger partial charge in [-0.05, 0) is 46.2 Å². The van der Waals surface area contributed by atoms with E-state index >= 15 is 0 Å². The molecular formula is C12H23N3. The molecule has 1 rings (SSSR count). The van der Waals surface area contributed by atoms with Crippen molar-refractivity contribution in [2.75, 3.05) is 13.1 Å². The van der Waals surface area contributed by atoms with Crippen molar-refractivity contribution >= 4 is 0 Å². The second kappa shape index (κ2) is 6.62. The lowest BCUT2D eigenvalue weighted by Crippen LogP contribution is -2.14. The number of hydrogen-bond donors (Lipinski definition) is 1. The topological polar surface area (TPSA) is 29.9 Å². The fourth-order valence-electron chi connectivity index (χ4n) is 1.72. The van der Waals surface area contributed by atoms with Gasteiger partial charge in [-0.2, -0.15) is 0 Å². The highest BCUT2D eigenvalue weighted by Crippen LogP contribution is 2.11. The standard InChI is InChI=1S/C12H23N3/c1-4-13-8-6-5-7-12-9-14-10-15(12)11(2)3/h9-11,13H,4-8H2,1-3H3. The van der Waals surface area contributed by atoms with E-state index in [0.29, 0.717) is 6.04 Å². The SMILES string of the molecule is CCNCCCCc1cncn1C(C)C. The molecule has 0 atom stereocenters. The largest absolute Gasteiger partial charge is 0.332 e. The maximum atomic E-state index is 4.21. The fraction of sp³-hybridized carbons (Fsp3) is 0.750. The molecule has 1 N–H and O–H groups in total. The highest BCUT2D eigenvalue weighted by Gasteiger charge is 2.04. The first-order valence-corrected chi connectivity index (χ1v) is 5.97. The van der Waals surface area contributed by atoms with Crippen LogP contribution >= 0.6 is 0 Å². The number of hydrogen-bond acceptors (Lipinski definition) is 2. The Morgan fingerprint density at radius 2 is 2.20 bits per heavy atom. The third kappa shape index (κ3) is 4.04. The van der Waals surface area contributed by atoms with Crippen molar-refractivity contribution in [1.82, 2.24) is 14.9 Å². The quantitative estimate of drug-likeness (QED) is 0.699. The molecule has 0 radical (unpaired) electrons. The van der Waals surface area contributed by atoms with Gasteiger partial charge in [0, 0.05) is 17.9 Å². The molecule has 3 heteroatoms. The minimum Gasteiger partial charge on any atom is -0.332 e. The Balaban J connectivity index is 2.28.